The van der Waals surface area contributed by atoms with Crippen molar-refractivity contribution in [1.29, 1.82) is 0 Å². The highest BCUT2D eigenvalue weighted by Crippen LogP contribution is 2.27. The molecule has 3 aromatic rings. The average molecular weight is 496 g/mol. The third-order valence-corrected chi connectivity index (χ3v) is 7.39. The molecule has 0 aliphatic heterocycles. The van der Waals surface area contributed by atoms with Gasteiger partial charge in [0.1, 0.15) is 6.54 Å². The number of hydrogen-bond acceptors (Lipinski definition) is 5. The third-order valence-electron chi connectivity index (χ3n) is 5.60. The predicted octanol–water partition coefficient (Wildman–Crippen LogP) is 4.97. The van der Waals surface area contributed by atoms with Gasteiger partial charge in [-0.25, -0.2) is 8.42 Å². The van der Waals surface area contributed by atoms with Crippen molar-refractivity contribution in [3.05, 3.63) is 100 Å². The Bertz CT molecular complexity index is 1300. The Morgan fingerprint density at radius 2 is 1.63 bits per heavy atom. The number of carbonyl (C=O) groups excluding carboxylic acids is 1. The summed E-state index contributed by atoms with van der Waals surface area (Å²) in [4.78, 5) is 23.6. The molecular weight excluding hydrogens is 466 g/mol. The maximum absolute atomic E-state index is 13.4. The molecule has 1 atom stereocenters. The second-order valence-electron chi connectivity index (χ2n) is 9.26. The Hall–Kier alpha value is -3.72. The molecule has 1 N–H and O–H groups in total. The number of nitro benzene ring substituents is 1. The van der Waals surface area contributed by atoms with Gasteiger partial charge in [-0.15, -0.1) is 0 Å². The Morgan fingerprint density at radius 1 is 1.00 bits per heavy atom. The van der Waals surface area contributed by atoms with Crippen LogP contribution in [0.2, 0.25) is 0 Å². The lowest BCUT2D eigenvalue weighted by Crippen LogP contribution is -2.41. The first-order valence-electron chi connectivity index (χ1n) is 11.1. The van der Waals surface area contributed by atoms with Crippen LogP contribution in [0.1, 0.15) is 44.9 Å². The molecule has 35 heavy (non-hydrogen) atoms. The molecule has 0 aliphatic carbocycles. The van der Waals surface area contributed by atoms with Crippen LogP contribution in [0.5, 0.6) is 0 Å². The number of non-ortho nitro benzene ring substituents is 1. The normalized spacial score (nSPS) is 12.6. The van der Waals surface area contributed by atoms with Gasteiger partial charge in [0, 0.05) is 12.1 Å². The standard InChI is InChI=1S/C26H29N3O5S/c1-19(20-13-15-21(16-14-20)26(2,3)4)27-25(30)18-28(22-9-8-10-23(17-22)29(31)32)35(33,34)24-11-6-5-7-12-24/h5-17,19H,18H2,1-4H3,(H,27,30)/t19-/m0/s1. The van der Waals surface area contributed by atoms with Gasteiger partial charge in [0.05, 0.1) is 21.5 Å². The molecule has 9 heteroatoms. The van der Waals surface area contributed by atoms with E-state index in [1.807, 2.05) is 31.2 Å². The Morgan fingerprint density at radius 3 is 2.20 bits per heavy atom. The largest absolute Gasteiger partial charge is 0.348 e. The molecule has 3 rings (SSSR count). The maximum atomic E-state index is 13.4. The molecule has 0 unspecified atom stereocenters. The van der Waals surface area contributed by atoms with Gasteiger partial charge in [0.15, 0.2) is 0 Å². The molecule has 184 valence electrons. The zero-order chi connectivity index (χ0) is 25.8. The summed E-state index contributed by atoms with van der Waals surface area (Å²) in [5.41, 5.74) is 1.78. The average Bonchev–Trinajstić information content (AvgIpc) is 2.82. The smallest absolute Gasteiger partial charge is 0.271 e. The quantitative estimate of drug-likeness (QED) is 0.351. The monoisotopic (exact) mass is 495 g/mol. The van der Waals surface area contributed by atoms with Crippen LogP contribution >= 0.6 is 0 Å². The summed E-state index contributed by atoms with van der Waals surface area (Å²) in [6.07, 6.45) is 0. The molecule has 0 fully saturated rings. The van der Waals surface area contributed by atoms with Gasteiger partial charge < -0.3 is 5.32 Å². The van der Waals surface area contributed by atoms with Gasteiger partial charge in [0.2, 0.25) is 5.91 Å². The minimum Gasteiger partial charge on any atom is -0.348 e. The van der Waals surface area contributed by atoms with Crippen molar-refractivity contribution < 1.29 is 18.1 Å². The van der Waals surface area contributed by atoms with E-state index < -0.39 is 27.4 Å². The van der Waals surface area contributed by atoms with E-state index in [0.29, 0.717) is 0 Å². The first-order valence-corrected chi connectivity index (χ1v) is 12.6. The molecule has 0 heterocycles. The fraction of sp³-hybridized carbons (Fsp3) is 0.269. The van der Waals surface area contributed by atoms with Crippen LogP contribution in [0, 0.1) is 10.1 Å². The number of rotatable bonds is 8. The molecule has 0 bridgehead atoms. The highest BCUT2D eigenvalue weighted by molar-refractivity contribution is 7.92. The van der Waals surface area contributed by atoms with Gasteiger partial charge >= 0.3 is 0 Å². The zero-order valence-electron chi connectivity index (χ0n) is 20.1. The molecule has 1 amide bonds. The second kappa shape index (κ2) is 10.3. The molecule has 0 aliphatic rings. The Kier molecular flexibility index (Phi) is 7.60. The lowest BCUT2D eigenvalue weighted by molar-refractivity contribution is -0.384. The summed E-state index contributed by atoms with van der Waals surface area (Å²) in [5, 5.41) is 14.1. The van der Waals surface area contributed by atoms with Crippen LogP contribution in [-0.4, -0.2) is 25.8 Å². The number of amides is 1. The van der Waals surface area contributed by atoms with Crippen molar-refractivity contribution in [3.8, 4) is 0 Å². The second-order valence-corrected chi connectivity index (χ2v) is 11.1. The van der Waals surface area contributed by atoms with E-state index in [2.05, 4.69) is 26.1 Å². The summed E-state index contributed by atoms with van der Waals surface area (Å²) in [6.45, 7) is 7.62. The predicted molar refractivity (Wildman–Crippen MR) is 136 cm³/mol. The highest BCUT2D eigenvalue weighted by atomic mass is 32.2. The van der Waals surface area contributed by atoms with Crippen molar-refractivity contribution in [1.82, 2.24) is 5.32 Å². The van der Waals surface area contributed by atoms with Crippen LogP contribution in [0.4, 0.5) is 11.4 Å². The summed E-state index contributed by atoms with van der Waals surface area (Å²) in [6, 6.07) is 20.4. The SMILES string of the molecule is C[C@H](NC(=O)CN(c1cccc([N+](=O)[O-])c1)S(=O)(=O)c1ccccc1)c1ccc(C(C)(C)C)cc1. The Balaban J connectivity index is 1.88. The molecule has 8 nitrogen and oxygen atoms in total. The summed E-state index contributed by atoms with van der Waals surface area (Å²) >= 11 is 0. The summed E-state index contributed by atoms with van der Waals surface area (Å²) in [5.74, 6) is -0.539. The van der Waals surface area contributed by atoms with Crippen molar-refractivity contribution >= 4 is 27.3 Å². The van der Waals surface area contributed by atoms with Crippen LogP contribution in [0.15, 0.2) is 83.8 Å². The number of anilines is 1. The molecule has 0 saturated carbocycles. The molecule has 0 aromatic heterocycles. The topological polar surface area (TPSA) is 110 Å². The molecule has 3 aromatic carbocycles. The first-order chi connectivity index (χ1) is 16.4. The van der Waals surface area contributed by atoms with Crippen LogP contribution in [0.3, 0.4) is 0 Å². The van der Waals surface area contributed by atoms with Gasteiger partial charge in [-0.05, 0) is 41.7 Å². The number of nitrogens with one attached hydrogen (secondary N) is 1. The van der Waals surface area contributed by atoms with E-state index in [9.17, 15) is 23.3 Å². The van der Waals surface area contributed by atoms with E-state index in [1.165, 1.54) is 30.3 Å². The Labute approximate surface area is 205 Å². The van der Waals surface area contributed by atoms with Crippen LogP contribution in [0.25, 0.3) is 0 Å². The highest BCUT2D eigenvalue weighted by Gasteiger charge is 2.28. The fourth-order valence-corrected chi connectivity index (χ4v) is 5.00. The van der Waals surface area contributed by atoms with Crippen molar-refractivity contribution in [2.75, 3.05) is 10.8 Å². The zero-order valence-corrected chi connectivity index (χ0v) is 21.0. The van der Waals surface area contributed by atoms with Crippen molar-refractivity contribution in [2.24, 2.45) is 0 Å². The third kappa shape index (κ3) is 6.24. The molecular formula is C26H29N3O5S. The number of nitro groups is 1. The van der Waals surface area contributed by atoms with E-state index in [0.717, 1.165) is 21.5 Å². The number of benzene rings is 3. The van der Waals surface area contributed by atoms with Crippen molar-refractivity contribution in [3.63, 3.8) is 0 Å². The van der Waals surface area contributed by atoms with E-state index in [-0.39, 0.29) is 27.7 Å². The van der Waals surface area contributed by atoms with Gasteiger partial charge in [-0.2, -0.15) is 0 Å². The molecule has 0 saturated heterocycles. The minimum atomic E-state index is -4.16. The van der Waals surface area contributed by atoms with E-state index >= 15 is 0 Å². The minimum absolute atomic E-state index is 0.00436. The van der Waals surface area contributed by atoms with Gasteiger partial charge in [-0.1, -0.05) is 69.3 Å². The van der Waals surface area contributed by atoms with Crippen molar-refractivity contribution in [2.45, 2.75) is 44.0 Å². The first kappa shape index (κ1) is 25.9. The van der Waals surface area contributed by atoms with Gasteiger partial charge in [0.25, 0.3) is 15.7 Å². The molecule has 0 radical (unpaired) electrons. The number of sulfonamides is 1. The summed E-state index contributed by atoms with van der Waals surface area (Å²) < 4.78 is 27.7. The lowest BCUT2D eigenvalue weighted by atomic mass is 9.86. The van der Waals surface area contributed by atoms with E-state index in [1.54, 1.807) is 18.2 Å². The summed E-state index contributed by atoms with van der Waals surface area (Å²) in [7, 11) is -4.16. The molecule has 0 spiro atoms. The van der Waals surface area contributed by atoms with Crippen LogP contribution < -0.4 is 9.62 Å². The number of hydrogen-bond donors (Lipinski definition) is 1. The maximum Gasteiger partial charge on any atom is 0.271 e. The lowest BCUT2D eigenvalue weighted by Gasteiger charge is -2.25. The number of nitrogens with zero attached hydrogens (tertiary/aromatic N) is 2. The van der Waals surface area contributed by atoms with Gasteiger partial charge in [-0.3, -0.25) is 19.2 Å². The number of carbonyl (C=O) groups is 1. The van der Waals surface area contributed by atoms with E-state index in [4.69, 9.17) is 0 Å². The van der Waals surface area contributed by atoms with Crippen LogP contribution in [-0.2, 0) is 20.2 Å². The fourth-order valence-electron chi connectivity index (χ4n) is 3.57.